The van der Waals surface area contributed by atoms with E-state index >= 15 is 0 Å². The van der Waals surface area contributed by atoms with Crippen LogP contribution in [0.3, 0.4) is 0 Å². The summed E-state index contributed by atoms with van der Waals surface area (Å²) in [4.78, 5) is 3.74. The number of halogens is 6. The molecular formula is C15H10F6N4O2S. The normalized spacial score (nSPS) is 14.4. The predicted molar refractivity (Wildman–Crippen MR) is 83.5 cm³/mol. The first-order chi connectivity index (χ1) is 12.9. The molecule has 1 N–H and O–H groups in total. The SMILES string of the molecule is O=S(=O)(N[C@H](c1ccc(C(F)(F)F)cc1)C(F)(F)F)c1cnc2cccnn12. The molecule has 0 aliphatic carbocycles. The molecule has 1 atom stereocenters. The van der Waals surface area contributed by atoms with Crippen LogP contribution in [-0.2, 0) is 16.2 Å². The third-order valence-corrected chi connectivity index (χ3v) is 5.07. The van der Waals surface area contributed by atoms with Crippen LogP contribution in [0.15, 0.2) is 53.8 Å². The summed E-state index contributed by atoms with van der Waals surface area (Å²) in [5.41, 5.74) is -1.78. The Hall–Kier alpha value is -2.67. The number of sulfonamides is 1. The fourth-order valence-corrected chi connectivity index (χ4v) is 3.66. The van der Waals surface area contributed by atoms with Gasteiger partial charge in [0.25, 0.3) is 10.0 Å². The van der Waals surface area contributed by atoms with Gasteiger partial charge in [0.15, 0.2) is 10.7 Å². The highest BCUT2D eigenvalue weighted by atomic mass is 32.2. The van der Waals surface area contributed by atoms with Gasteiger partial charge in [-0.15, -0.1) is 0 Å². The maximum Gasteiger partial charge on any atom is 0.416 e. The van der Waals surface area contributed by atoms with Gasteiger partial charge >= 0.3 is 12.4 Å². The Labute approximate surface area is 153 Å². The van der Waals surface area contributed by atoms with Gasteiger partial charge < -0.3 is 0 Å². The molecule has 0 fully saturated rings. The number of imidazole rings is 1. The van der Waals surface area contributed by atoms with Crippen LogP contribution in [-0.4, -0.2) is 29.2 Å². The third-order valence-electron chi connectivity index (χ3n) is 3.69. The number of nitrogens with one attached hydrogen (secondary N) is 1. The Morgan fingerprint density at radius 3 is 2.21 bits per heavy atom. The molecule has 0 amide bonds. The van der Waals surface area contributed by atoms with Gasteiger partial charge in [-0.1, -0.05) is 12.1 Å². The first kappa shape index (κ1) is 20.1. The quantitative estimate of drug-likeness (QED) is 0.652. The van der Waals surface area contributed by atoms with Gasteiger partial charge in [0, 0.05) is 6.20 Å². The summed E-state index contributed by atoms with van der Waals surface area (Å²) in [5.74, 6) is 0. The second kappa shape index (κ2) is 6.74. The number of hydrogen-bond acceptors (Lipinski definition) is 4. The Balaban J connectivity index is 1.99. The molecule has 28 heavy (non-hydrogen) atoms. The van der Waals surface area contributed by atoms with Gasteiger partial charge in [-0.2, -0.15) is 36.2 Å². The number of alkyl halides is 6. The van der Waals surface area contributed by atoms with E-state index in [1.54, 1.807) is 0 Å². The lowest BCUT2D eigenvalue weighted by molar-refractivity contribution is -0.153. The molecule has 2 heterocycles. The predicted octanol–water partition coefficient (Wildman–Crippen LogP) is 3.33. The third kappa shape index (κ3) is 3.94. The molecular weight excluding hydrogens is 414 g/mol. The molecule has 0 unspecified atom stereocenters. The molecule has 13 heteroatoms. The first-order valence-electron chi connectivity index (χ1n) is 7.44. The van der Waals surface area contributed by atoms with Crippen LogP contribution in [0, 0.1) is 0 Å². The lowest BCUT2D eigenvalue weighted by Crippen LogP contribution is -2.38. The highest BCUT2D eigenvalue weighted by Crippen LogP contribution is 2.36. The van der Waals surface area contributed by atoms with Crippen molar-refractivity contribution >= 4 is 15.7 Å². The van der Waals surface area contributed by atoms with Crippen LogP contribution in [0.25, 0.3) is 5.65 Å². The molecule has 0 aliphatic heterocycles. The molecule has 1 aromatic carbocycles. The van der Waals surface area contributed by atoms with E-state index in [2.05, 4.69) is 10.1 Å². The monoisotopic (exact) mass is 424 g/mol. The molecule has 3 aromatic rings. The number of fused-ring (bicyclic) bond motifs is 1. The molecule has 0 saturated heterocycles. The minimum absolute atomic E-state index is 0.0842. The van der Waals surface area contributed by atoms with E-state index in [4.69, 9.17) is 0 Å². The second-order valence-electron chi connectivity index (χ2n) is 5.61. The zero-order chi connectivity index (χ0) is 20.7. The molecule has 150 valence electrons. The average molecular weight is 424 g/mol. The molecule has 0 radical (unpaired) electrons. The Morgan fingerprint density at radius 1 is 1.00 bits per heavy atom. The van der Waals surface area contributed by atoms with Crippen LogP contribution >= 0.6 is 0 Å². The molecule has 0 saturated carbocycles. The van der Waals surface area contributed by atoms with Crippen molar-refractivity contribution in [2.45, 2.75) is 23.4 Å². The standard InChI is InChI=1S/C15H10F6N4O2S/c16-14(17,18)10-5-3-9(4-6-10)13(15(19,20)21)24-28(26,27)12-8-22-11-2-1-7-23-25(11)12/h1-8,13,24H/t13-/m1/s1. The molecule has 3 rings (SSSR count). The number of rotatable bonds is 4. The first-order valence-corrected chi connectivity index (χ1v) is 8.93. The van der Waals surface area contributed by atoms with Gasteiger partial charge in [-0.3, -0.25) is 0 Å². The maximum absolute atomic E-state index is 13.4. The minimum Gasteiger partial charge on any atom is -0.234 e. The number of hydrogen-bond donors (Lipinski definition) is 1. The van der Waals surface area contributed by atoms with E-state index in [1.165, 1.54) is 23.1 Å². The summed E-state index contributed by atoms with van der Waals surface area (Å²) < 4.78 is 105. The smallest absolute Gasteiger partial charge is 0.234 e. The lowest BCUT2D eigenvalue weighted by atomic mass is 10.1. The summed E-state index contributed by atoms with van der Waals surface area (Å²) in [6.45, 7) is 0. The summed E-state index contributed by atoms with van der Waals surface area (Å²) >= 11 is 0. The zero-order valence-corrected chi connectivity index (χ0v) is 14.3. The van der Waals surface area contributed by atoms with E-state index in [-0.39, 0.29) is 5.65 Å². The summed E-state index contributed by atoms with van der Waals surface area (Å²) in [5, 5.41) is 3.07. The van der Waals surface area contributed by atoms with Crippen molar-refractivity contribution in [1.82, 2.24) is 19.3 Å². The highest BCUT2D eigenvalue weighted by Gasteiger charge is 2.44. The van der Waals surface area contributed by atoms with Crippen molar-refractivity contribution in [3.63, 3.8) is 0 Å². The van der Waals surface area contributed by atoms with E-state index < -0.39 is 44.6 Å². The van der Waals surface area contributed by atoms with Crippen LogP contribution < -0.4 is 4.72 Å². The van der Waals surface area contributed by atoms with Crippen molar-refractivity contribution in [2.75, 3.05) is 0 Å². The Kier molecular flexibility index (Phi) is 4.83. The fourth-order valence-electron chi connectivity index (χ4n) is 2.39. The molecule has 0 spiro atoms. The minimum atomic E-state index is -5.11. The number of aromatic nitrogens is 3. The summed E-state index contributed by atoms with van der Waals surface area (Å²) in [7, 11) is -4.77. The van der Waals surface area contributed by atoms with Crippen molar-refractivity contribution < 1.29 is 34.8 Å². The van der Waals surface area contributed by atoms with Gasteiger partial charge in [0.05, 0.1) is 11.8 Å². The summed E-state index contributed by atoms with van der Waals surface area (Å²) in [6.07, 6.45) is -7.82. The topological polar surface area (TPSA) is 76.4 Å². The Bertz CT molecular complexity index is 1090. The molecule has 2 aromatic heterocycles. The largest absolute Gasteiger partial charge is 0.416 e. The van der Waals surface area contributed by atoms with Crippen molar-refractivity contribution in [2.24, 2.45) is 0 Å². The van der Waals surface area contributed by atoms with Gasteiger partial charge in [0.1, 0.15) is 6.04 Å². The molecule has 0 bridgehead atoms. The second-order valence-corrected chi connectivity index (χ2v) is 7.27. The van der Waals surface area contributed by atoms with E-state index in [9.17, 15) is 34.8 Å². The van der Waals surface area contributed by atoms with Crippen LogP contribution in [0.5, 0.6) is 0 Å². The average Bonchev–Trinajstić information content (AvgIpc) is 3.03. The van der Waals surface area contributed by atoms with Crippen LogP contribution in [0.2, 0.25) is 0 Å². The van der Waals surface area contributed by atoms with Crippen molar-refractivity contribution in [3.05, 3.63) is 59.9 Å². The molecule has 6 nitrogen and oxygen atoms in total. The van der Waals surface area contributed by atoms with E-state index in [0.717, 1.165) is 10.7 Å². The van der Waals surface area contributed by atoms with Crippen LogP contribution in [0.1, 0.15) is 17.2 Å². The molecule has 0 aliphatic rings. The summed E-state index contributed by atoms with van der Waals surface area (Å²) in [6, 6.07) is 2.09. The van der Waals surface area contributed by atoms with Gasteiger partial charge in [0.2, 0.25) is 0 Å². The number of benzene rings is 1. The van der Waals surface area contributed by atoms with Crippen LogP contribution in [0.4, 0.5) is 26.3 Å². The van der Waals surface area contributed by atoms with Gasteiger partial charge in [-0.05, 0) is 29.8 Å². The lowest BCUT2D eigenvalue weighted by Gasteiger charge is -2.22. The van der Waals surface area contributed by atoms with Gasteiger partial charge in [-0.25, -0.2) is 17.9 Å². The van der Waals surface area contributed by atoms with Crippen molar-refractivity contribution in [3.8, 4) is 0 Å². The number of nitrogens with zero attached hydrogens (tertiary/aromatic N) is 3. The van der Waals surface area contributed by atoms with E-state index in [1.807, 2.05) is 0 Å². The maximum atomic E-state index is 13.4. The van der Waals surface area contributed by atoms with E-state index in [0.29, 0.717) is 24.3 Å². The fraction of sp³-hybridized carbons (Fsp3) is 0.200. The Morgan fingerprint density at radius 2 is 1.64 bits per heavy atom. The van der Waals surface area contributed by atoms with Crippen molar-refractivity contribution in [1.29, 1.82) is 0 Å². The highest BCUT2D eigenvalue weighted by molar-refractivity contribution is 7.89. The zero-order valence-electron chi connectivity index (χ0n) is 13.5.